The first-order valence-corrected chi connectivity index (χ1v) is 13.0. The number of anilines is 1. The number of rotatable bonds is 5. The number of carbonyl (C=O) groups excluding carboxylic acids is 1. The minimum absolute atomic E-state index is 0.211. The third-order valence-electron chi connectivity index (χ3n) is 5.69. The van der Waals surface area contributed by atoms with Crippen LogP contribution in [0.25, 0.3) is 11.2 Å². The number of hydrogen-bond acceptors (Lipinski definition) is 9. The molecule has 0 radical (unpaired) electrons. The molecule has 0 saturated carbocycles. The summed E-state index contributed by atoms with van der Waals surface area (Å²) in [5.41, 5.74) is 6.68. The van der Waals surface area contributed by atoms with Crippen LogP contribution in [-0.2, 0) is 11.3 Å². The van der Waals surface area contributed by atoms with Crippen LogP contribution in [0.15, 0.2) is 33.0 Å². The van der Waals surface area contributed by atoms with Crippen molar-refractivity contribution >= 4 is 50.8 Å². The van der Waals surface area contributed by atoms with Crippen molar-refractivity contribution < 1.29 is 19.7 Å². The van der Waals surface area contributed by atoms with Gasteiger partial charge < -0.3 is 30.2 Å². The second-order valence-electron chi connectivity index (χ2n) is 9.57. The number of carbonyl (C=O) groups is 1. The molecule has 1 saturated heterocycles. The van der Waals surface area contributed by atoms with Crippen LogP contribution < -0.4 is 5.73 Å². The van der Waals surface area contributed by atoms with Crippen molar-refractivity contribution in [2.24, 2.45) is 5.92 Å². The summed E-state index contributed by atoms with van der Waals surface area (Å²) in [6.45, 7) is 7.56. The predicted octanol–water partition coefficient (Wildman–Crippen LogP) is 4.77. The first kappa shape index (κ1) is 25.4. The fraction of sp³-hybridized carbons (Fsp3) is 0.478. The average molecular weight is 565 g/mol. The van der Waals surface area contributed by atoms with Gasteiger partial charge in [0.15, 0.2) is 33.6 Å². The van der Waals surface area contributed by atoms with Gasteiger partial charge in [-0.1, -0.05) is 11.8 Å². The Kier molecular flexibility index (Phi) is 7.32. The van der Waals surface area contributed by atoms with Gasteiger partial charge in [0.25, 0.3) is 0 Å². The zero-order valence-electron chi connectivity index (χ0n) is 19.9. The number of aromatic hydroxyl groups is 2. The Labute approximate surface area is 216 Å². The number of nitrogens with zero attached hydrogens (tertiary/aromatic N) is 5. The molecular weight excluding hydrogens is 536 g/mol. The van der Waals surface area contributed by atoms with Crippen molar-refractivity contribution in [3.05, 3.63) is 22.9 Å². The van der Waals surface area contributed by atoms with Crippen LogP contribution >= 0.6 is 27.7 Å². The van der Waals surface area contributed by atoms with Crippen molar-refractivity contribution in [1.82, 2.24) is 24.4 Å². The summed E-state index contributed by atoms with van der Waals surface area (Å²) in [4.78, 5) is 28.2. The lowest BCUT2D eigenvalue weighted by Gasteiger charge is -2.34. The molecule has 1 atom stereocenters. The molecule has 4 rings (SSSR count). The Hall–Kier alpha value is -2.73. The van der Waals surface area contributed by atoms with Gasteiger partial charge >= 0.3 is 6.09 Å². The van der Waals surface area contributed by atoms with E-state index in [1.54, 1.807) is 4.90 Å². The molecule has 3 heterocycles. The summed E-state index contributed by atoms with van der Waals surface area (Å²) < 4.78 is 8.16. The number of benzene rings is 1. The normalized spacial score (nSPS) is 16.6. The molecule has 10 nitrogen and oxygen atoms in total. The van der Waals surface area contributed by atoms with E-state index in [1.807, 2.05) is 25.3 Å². The molecule has 0 spiro atoms. The molecule has 35 heavy (non-hydrogen) atoms. The lowest BCUT2D eigenvalue weighted by Crippen LogP contribution is -2.43. The van der Waals surface area contributed by atoms with Crippen molar-refractivity contribution in [1.29, 1.82) is 0 Å². The SMILES string of the molecule is CC(C)(C)OC(=O)N1CCCC(CCn2c(Sc3cc(O)c(O)cc3Br)nc3c(N)ncnc32)C1. The number of phenolic OH excluding ortho intramolecular Hbond substituents is 2. The van der Waals surface area contributed by atoms with Crippen LogP contribution in [0, 0.1) is 5.92 Å². The number of nitrogens with two attached hydrogens (primary N) is 1. The van der Waals surface area contributed by atoms with Crippen molar-refractivity contribution in [3.63, 3.8) is 0 Å². The number of fused-ring (bicyclic) bond motifs is 1. The maximum absolute atomic E-state index is 12.6. The number of nitrogen functional groups attached to an aromatic ring is 1. The summed E-state index contributed by atoms with van der Waals surface area (Å²) in [6.07, 6.45) is 3.89. The second-order valence-corrected chi connectivity index (χ2v) is 11.4. The van der Waals surface area contributed by atoms with Crippen molar-refractivity contribution in [2.45, 2.75) is 62.2 Å². The molecule has 1 aromatic carbocycles. The quantitative estimate of drug-likeness (QED) is 0.373. The first-order valence-electron chi connectivity index (χ1n) is 11.4. The largest absolute Gasteiger partial charge is 0.504 e. The third-order valence-corrected chi connectivity index (χ3v) is 7.66. The molecule has 2 aromatic heterocycles. The van der Waals surface area contributed by atoms with E-state index in [0.29, 0.717) is 51.2 Å². The highest BCUT2D eigenvalue weighted by Crippen LogP contribution is 2.40. The van der Waals surface area contributed by atoms with Gasteiger partial charge in [0.1, 0.15) is 11.9 Å². The lowest BCUT2D eigenvalue weighted by atomic mass is 9.95. The number of phenols is 2. The zero-order chi connectivity index (χ0) is 25.3. The molecule has 4 N–H and O–H groups in total. The molecule has 0 bridgehead atoms. The maximum Gasteiger partial charge on any atom is 0.410 e. The number of imidazole rings is 1. The van der Waals surface area contributed by atoms with E-state index in [1.165, 1.54) is 30.2 Å². The molecule has 1 aliphatic heterocycles. The number of piperidine rings is 1. The third kappa shape index (κ3) is 5.92. The van der Waals surface area contributed by atoms with Crippen LogP contribution in [0.2, 0.25) is 0 Å². The molecule has 3 aromatic rings. The van der Waals surface area contributed by atoms with Crippen LogP contribution in [0.5, 0.6) is 11.5 Å². The van der Waals surface area contributed by atoms with Gasteiger partial charge in [-0.15, -0.1) is 0 Å². The fourth-order valence-electron chi connectivity index (χ4n) is 4.03. The topological polar surface area (TPSA) is 140 Å². The minimum Gasteiger partial charge on any atom is -0.504 e. The predicted molar refractivity (Wildman–Crippen MR) is 136 cm³/mol. The van der Waals surface area contributed by atoms with Gasteiger partial charge in [0.2, 0.25) is 0 Å². The fourth-order valence-corrected chi connectivity index (χ4v) is 5.55. The smallest absolute Gasteiger partial charge is 0.410 e. The molecule has 0 aliphatic carbocycles. The van der Waals surface area contributed by atoms with Crippen LogP contribution in [-0.4, -0.2) is 59.4 Å². The number of hydrogen-bond donors (Lipinski definition) is 3. The van der Waals surface area contributed by atoms with E-state index >= 15 is 0 Å². The highest BCUT2D eigenvalue weighted by molar-refractivity contribution is 9.10. The number of amides is 1. The molecule has 188 valence electrons. The zero-order valence-corrected chi connectivity index (χ0v) is 22.3. The number of halogens is 1. The molecular formula is C23H29BrN6O4S. The Morgan fingerprint density at radius 3 is 2.77 bits per heavy atom. The van der Waals surface area contributed by atoms with E-state index < -0.39 is 5.60 Å². The number of ether oxygens (including phenoxy) is 1. The molecule has 12 heteroatoms. The first-order chi connectivity index (χ1) is 16.5. The summed E-state index contributed by atoms with van der Waals surface area (Å²) in [7, 11) is 0. The van der Waals surface area contributed by atoms with E-state index in [2.05, 4.69) is 30.9 Å². The number of aromatic nitrogens is 4. The Morgan fingerprint density at radius 1 is 1.29 bits per heavy atom. The summed E-state index contributed by atoms with van der Waals surface area (Å²) in [5.74, 6) is 0.158. The second kappa shape index (κ2) is 10.1. The Morgan fingerprint density at radius 2 is 2.03 bits per heavy atom. The van der Waals surface area contributed by atoms with Crippen LogP contribution in [0.4, 0.5) is 10.6 Å². The molecule has 1 aliphatic rings. The van der Waals surface area contributed by atoms with Crippen LogP contribution in [0.1, 0.15) is 40.0 Å². The van der Waals surface area contributed by atoms with Gasteiger partial charge in [0, 0.05) is 29.0 Å². The van der Waals surface area contributed by atoms with Gasteiger partial charge in [-0.3, -0.25) is 0 Å². The number of aryl methyl sites for hydroxylation is 1. The molecule has 1 fully saturated rings. The van der Waals surface area contributed by atoms with Crippen LogP contribution in [0.3, 0.4) is 0 Å². The summed E-state index contributed by atoms with van der Waals surface area (Å²) in [6, 6.07) is 2.91. The van der Waals surface area contributed by atoms with Gasteiger partial charge in [-0.25, -0.2) is 19.7 Å². The maximum atomic E-state index is 12.6. The van der Waals surface area contributed by atoms with E-state index in [0.717, 1.165) is 19.3 Å². The van der Waals surface area contributed by atoms with E-state index in [-0.39, 0.29) is 23.4 Å². The minimum atomic E-state index is -0.525. The Bertz CT molecular complexity index is 1240. The highest BCUT2D eigenvalue weighted by Gasteiger charge is 2.28. The highest BCUT2D eigenvalue weighted by atomic mass is 79.9. The standard InChI is InChI=1S/C23H29BrN6O4S/c1-23(2,3)34-22(33)29-7-4-5-13(11-29)6-8-30-20-18(19(25)26-12-27-20)28-21(30)35-17-10-16(32)15(31)9-14(17)24/h9-10,12-13,31-32H,4-8,11H2,1-3H3,(H2,25,26,27). The van der Waals surface area contributed by atoms with Gasteiger partial charge in [-0.05, 0) is 74.0 Å². The summed E-state index contributed by atoms with van der Waals surface area (Å²) in [5, 5.41) is 20.4. The molecule has 1 unspecified atom stereocenters. The van der Waals surface area contributed by atoms with Gasteiger partial charge in [0.05, 0.1) is 0 Å². The average Bonchev–Trinajstić information content (AvgIpc) is 3.13. The Balaban J connectivity index is 1.55. The van der Waals surface area contributed by atoms with Gasteiger partial charge in [-0.2, -0.15) is 0 Å². The monoisotopic (exact) mass is 564 g/mol. The summed E-state index contributed by atoms with van der Waals surface area (Å²) >= 11 is 4.76. The van der Waals surface area contributed by atoms with E-state index in [9.17, 15) is 15.0 Å². The van der Waals surface area contributed by atoms with E-state index in [4.69, 9.17) is 10.5 Å². The lowest BCUT2D eigenvalue weighted by molar-refractivity contribution is 0.0159. The van der Waals surface area contributed by atoms with Crippen molar-refractivity contribution in [2.75, 3.05) is 18.8 Å². The molecule has 1 amide bonds. The van der Waals surface area contributed by atoms with Crippen molar-refractivity contribution in [3.8, 4) is 11.5 Å². The number of likely N-dealkylation sites (tertiary alicyclic amines) is 1.